The fourth-order valence-corrected chi connectivity index (χ4v) is 2.57. The molecule has 1 atom stereocenters. The van der Waals surface area contributed by atoms with Gasteiger partial charge in [0.25, 0.3) is 5.91 Å². The van der Waals surface area contributed by atoms with Crippen molar-refractivity contribution in [3.8, 4) is 23.0 Å². The average molecular weight is 359 g/mol. The molecule has 6 nitrogen and oxygen atoms in total. The van der Waals surface area contributed by atoms with Gasteiger partial charge in [-0.05, 0) is 43.7 Å². The molecule has 140 valence electrons. The van der Waals surface area contributed by atoms with Crippen LogP contribution in [0.3, 0.4) is 0 Å². The molecule has 0 spiro atoms. The van der Waals surface area contributed by atoms with Crippen LogP contribution in [-0.4, -0.2) is 33.8 Å². The maximum Gasteiger partial charge on any atom is 0.255 e. The fraction of sp³-hybridized carbons (Fsp3) is 0.350. The largest absolute Gasteiger partial charge is 0.497 e. The number of hydrogen-bond donors (Lipinski definition) is 1. The molecule has 1 N–H and O–H groups in total. The van der Waals surface area contributed by atoms with Crippen LogP contribution in [0, 0.1) is 0 Å². The van der Waals surface area contributed by atoms with E-state index in [9.17, 15) is 4.79 Å². The summed E-state index contributed by atoms with van der Waals surface area (Å²) in [5, 5.41) is 2.97. The molecule has 0 aliphatic carbocycles. The van der Waals surface area contributed by atoms with Crippen LogP contribution in [0.4, 0.5) is 0 Å². The van der Waals surface area contributed by atoms with Gasteiger partial charge in [-0.3, -0.25) is 4.79 Å². The smallest absolute Gasteiger partial charge is 0.255 e. The second-order valence-electron chi connectivity index (χ2n) is 5.60. The third-order valence-electron chi connectivity index (χ3n) is 3.99. The summed E-state index contributed by atoms with van der Waals surface area (Å²) in [4.78, 5) is 12.6. The van der Waals surface area contributed by atoms with Crippen LogP contribution >= 0.6 is 0 Å². The first-order valence-corrected chi connectivity index (χ1v) is 8.37. The lowest BCUT2D eigenvalue weighted by molar-refractivity contribution is 0.0936. The first kappa shape index (κ1) is 19.4. The first-order chi connectivity index (χ1) is 12.5. The van der Waals surface area contributed by atoms with E-state index in [1.807, 2.05) is 32.0 Å². The third kappa shape index (κ3) is 4.39. The molecule has 2 rings (SSSR count). The molecule has 0 aliphatic rings. The summed E-state index contributed by atoms with van der Waals surface area (Å²) in [6.45, 7) is 4.38. The molecule has 6 heteroatoms. The number of methoxy groups -OCH3 is 3. The van der Waals surface area contributed by atoms with E-state index in [2.05, 4.69) is 5.32 Å². The average Bonchev–Trinajstić information content (AvgIpc) is 2.67. The van der Waals surface area contributed by atoms with Crippen LogP contribution in [0.25, 0.3) is 0 Å². The van der Waals surface area contributed by atoms with E-state index >= 15 is 0 Å². The molecule has 0 radical (unpaired) electrons. The molecule has 0 aromatic heterocycles. The molecule has 0 fully saturated rings. The second-order valence-corrected chi connectivity index (χ2v) is 5.60. The minimum Gasteiger partial charge on any atom is -0.497 e. The quantitative estimate of drug-likeness (QED) is 0.780. The molecule has 0 saturated carbocycles. The van der Waals surface area contributed by atoms with Crippen molar-refractivity contribution in [2.45, 2.75) is 19.9 Å². The van der Waals surface area contributed by atoms with Gasteiger partial charge >= 0.3 is 0 Å². The van der Waals surface area contributed by atoms with Crippen LogP contribution < -0.4 is 24.3 Å². The van der Waals surface area contributed by atoms with Gasteiger partial charge in [-0.1, -0.05) is 6.07 Å². The van der Waals surface area contributed by atoms with Crippen molar-refractivity contribution < 1.29 is 23.7 Å². The Labute approximate surface area is 154 Å². The standard InChI is InChI=1S/C20H25NO5/c1-6-26-17-10-7-14(11-19(17)25-5)13(2)21-20(22)16-9-8-15(23-3)12-18(16)24-4/h7-13H,6H2,1-5H3,(H,21,22). The lowest BCUT2D eigenvalue weighted by Gasteiger charge is -2.18. The Morgan fingerprint density at radius 2 is 1.69 bits per heavy atom. The van der Waals surface area contributed by atoms with Crippen molar-refractivity contribution in [2.75, 3.05) is 27.9 Å². The normalized spacial score (nSPS) is 11.4. The summed E-state index contributed by atoms with van der Waals surface area (Å²) in [6.07, 6.45) is 0. The van der Waals surface area contributed by atoms with Gasteiger partial charge in [0.1, 0.15) is 11.5 Å². The fourth-order valence-electron chi connectivity index (χ4n) is 2.57. The third-order valence-corrected chi connectivity index (χ3v) is 3.99. The summed E-state index contributed by atoms with van der Waals surface area (Å²) in [5.41, 5.74) is 1.35. The molecule has 0 saturated heterocycles. The van der Waals surface area contributed by atoms with Crippen molar-refractivity contribution in [3.05, 3.63) is 47.5 Å². The lowest BCUT2D eigenvalue weighted by Crippen LogP contribution is -2.27. The van der Waals surface area contributed by atoms with Gasteiger partial charge < -0.3 is 24.3 Å². The van der Waals surface area contributed by atoms with Crippen molar-refractivity contribution in [1.29, 1.82) is 0 Å². The molecule has 0 aliphatic heterocycles. The van der Waals surface area contributed by atoms with Gasteiger partial charge in [0.15, 0.2) is 11.5 Å². The van der Waals surface area contributed by atoms with E-state index in [0.717, 1.165) is 5.56 Å². The molecule has 0 bridgehead atoms. The maximum atomic E-state index is 12.6. The summed E-state index contributed by atoms with van der Waals surface area (Å²) in [7, 11) is 4.68. The Kier molecular flexibility index (Phi) is 6.72. The van der Waals surface area contributed by atoms with Crippen LogP contribution in [0.15, 0.2) is 36.4 Å². The van der Waals surface area contributed by atoms with Gasteiger partial charge in [-0.2, -0.15) is 0 Å². The number of carbonyl (C=O) groups excluding carboxylic acids is 1. The molecular weight excluding hydrogens is 334 g/mol. The highest BCUT2D eigenvalue weighted by Crippen LogP contribution is 2.31. The predicted molar refractivity (Wildman–Crippen MR) is 99.6 cm³/mol. The number of hydrogen-bond acceptors (Lipinski definition) is 5. The minimum absolute atomic E-state index is 0.223. The van der Waals surface area contributed by atoms with Gasteiger partial charge in [0.2, 0.25) is 0 Å². The topological polar surface area (TPSA) is 66.0 Å². The Morgan fingerprint density at radius 3 is 2.31 bits per heavy atom. The highest BCUT2D eigenvalue weighted by molar-refractivity contribution is 5.97. The Hall–Kier alpha value is -2.89. The SMILES string of the molecule is CCOc1ccc(C(C)NC(=O)c2ccc(OC)cc2OC)cc1OC. The first-order valence-electron chi connectivity index (χ1n) is 8.37. The maximum absolute atomic E-state index is 12.6. The molecule has 1 amide bonds. The molecule has 1 unspecified atom stereocenters. The number of ether oxygens (including phenoxy) is 4. The van der Waals surface area contributed by atoms with E-state index in [1.165, 1.54) is 7.11 Å². The zero-order valence-corrected chi connectivity index (χ0v) is 15.8. The Balaban J connectivity index is 2.19. The van der Waals surface area contributed by atoms with E-state index in [1.54, 1.807) is 32.4 Å². The molecule has 2 aromatic carbocycles. The zero-order chi connectivity index (χ0) is 19.1. The van der Waals surface area contributed by atoms with E-state index in [4.69, 9.17) is 18.9 Å². The van der Waals surface area contributed by atoms with Gasteiger partial charge in [0.05, 0.1) is 39.5 Å². The van der Waals surface area contributed by atoms with Crippen LogP contribution in [0.5, 0.6) is 23.0 Å². The molecule has 2 aromatic rings. The van der Waals surface area contributed by atoms with Crippen molar-refractivity contribution in [1.82, 2.24) is 5.32 Å². The zero-order valence-electron chi connectivity index (χ0n) is 15.8. The number of nitrogens with one attached hydrogen (secondary N) is 1. The molecule has 0 heterocycles. The van der Waals surface area contributed by atoms with E-state index in [0.29, 0.717) is 35.2 Å². The van der Waals surface area contributed by atoms with Crippen molar-refractivity contribution >= 4 is 5.91 Å². The van der Waals surface area contributed by atoms with Crippen molar-refractivity contribution in [3.63, 3.8) is 0 Å². The summed E-state index contributed by atoms with van der Waals surface area (Å²) >= 11 is 0. The number of amides is 1. The van der Waals surface area contributed by atoms with Gasteiger partial charge in [-0.25, -0.2) is 0 Å². The Morgan fingerprint density at radius 1 is 0.962 bits per heavy atom. The second kappa shape index (κ2) is 8.99. The van der Waals surface area contributed by atoms with Crippen LogP contribution in [0.2, 0.25) is 0 Å². The van der Waals surface area contributed by atoms with Crippen molar-refractivity contribution in [2.24, 2.45) is 0 Å². The van der Waals surface area contributed by atoms with Crippen LogP contribution in [-0.2, 0) is 0 Å². The van der Waals surface area contributed by atoms with Gasteiger partial charge in [-0.15, -0.1) is 0 Å². The summed E-state index contributed by atoms with van der Waals surface area (Å²) in [5.74, 6) is 2.16. The number of rotatable bonds is 8. The molecular formula is C20H25NO5. The van der Waals surface area contributed by atoms with Crippen LogP contribution in [0.1, 0.15) is 35.8 Å². The predicted octanol–water partition coefficient (Wildman–Crippen LogP) is 3.60. The van der Waals surface area contributed by atoms with E-state index in [-0.39, 0.29) is 11.9 Å². The monoisotopic (exact) mass is 359 g/mol. The molecule has 26 heavy (non-hydrogen) atoms. The number of benzene rings is 2. The Bertz CT molecular complexity index is 760. The highest BCUT2D eigenvalue weighted by Gasteiger charge is 2.17. The minimum atomic E-state index is -0.232. The highest BCUT2D eigenvalue weighted by atomic mass is 16.5. The summed E-state index contributed by atoms with van der Waals surface area (Å²) in [6, 6.07) is 10.5. The van der Waals surface area contributed by atoms with E-state index < -0.39 is 0 Å². The van der Waals surface area contributed by atoms with Gasteiger partial charge in [0, 0.05) is 6.07 Å². The lowest BCUT2D eigenvalue weighted by atomic mass is 10.1. The number of carbonyl (C=O) groups is 1. The summed E-state index contributed by atoms with van der Waals surface area (Å²) < 4.78 is 21.4.